The van der Waals surface area contributed by atoms with Gasteiger partial charge in [-0.25, -0.2) is 0 Å². The van der Waals surface area contributed by atoms with E-state index in [9.17, 15) is 18.0 Å². The Labute approximate surface area is 159 Å². The first-order chi connectivity index (χ1) is 13.3. The van der Waals surface area contributed by atoms with Crippen LogP contribution >= 0.6 is 0 Å². The zero-order valence-corrected chi connectivity index (χ0v) is 15.4. The maximum Gasteiger partial charge on any atom is 0.471 e. The van der Waals surface area contributed by atoms with Gasteiger partial charge in [-0.3, -0.25) is 4.79 Å². The van der Waals surface area contributed by atoms with Crippen molar-refractivity contribution in [3.05, 3.63) is 35.4 Å². The number of halogens is 3. The number of carbonyl (C=O) groups excluding carboxylic acids is 1. The number of alkyl halides is 3. The summed E-state index contributed by atoms with van der Waals surface area (Å²) in [7, 11) is 0. The molecule has 0 saturated heterocycles. The molecule has 0 atom stereocenters. The number of nitrogens with zero attached hydrogens (tertiary/aromatic N) is 5. The van der Waals surface area contributed by atoms with E-state index in [4.69, 9.17) is 0 Å². The van der Waals surface area contributed by atoms with Crippen molar-refractivity contribution < 1.29 is 18.0 Å². The van der Waals surface area contributed by atoms with Gasteiger partial charge >= 0.3 is 12.1 Å². The number of carbonyl (C=O) groups is 1. The summed E-state index contributed by atoms with van der Waals surface area (Å²) >= 11 is 0. The molecule has 0 unspecified atom stereocenters. The second kappa shape index (κ2) is 7.03. The topological polar surface area (TPSA) is 63.4 Å². The minimum atomic E-state index is -4.91. The summed E-state index contributed by atoms with van der Waals surface area (Å²) in [6, 6.07) is 7.07. The molecule has 148 valence electrons. The van der Waals surface area contributed by atoms with E-state index in [1.165, 1.54) is 4.52 Å². The molecule has 0 spiro atoms. The van der Waals surface area contributed by atoms with Gasteiger partial charge in [0, 0.05) is 17.0 Å². The Kier molecular flexibility index (Phi) is 4.68. The molecule has 2 aromatic heterocycles. The van der Waals surface area contributed by atoms with Crippen molar-refractivity contribution in [3.63, 3.8) is 0 Å². The molecule has 2 heterocycles. The second-order valence-electron chi connectivity index (χ2n) is 7.37. The van der Waals surface area contributed by atoms with Gasteiger partial charge in [-0.05, 0) is 47.9 Å². The van der Waals surface area contributed by atoms with Crippen LogP contribution in [0.3, 0.4) is 0 Å². The Bertz CT molecular complexity index is 1020. The summed E-state index contributed by atoms with van der Waals surface area (Å²) in [6.45, 7) is 1.77. The number of tetrazole rings is 1. The Hall–Kier alpha value is -2.71. The predicted molar refractivity (Wildman–Crippen MR) is 96.5 cm³/mol. The first kappa shape index (κ1) is 18.6. The van der Waals surface area contributed by atoms with Gasteiger partial charge in [-0.2, -0.15) is 17.7 Å². The molecule has 0 radical (unpaired) electrons. The van der Waals surface area contributed by atoms with Crippen LogP contribution < -0.4 is 0 Å². The van der Waals surface area contributed by atoms with E-state index in [2.05, 4.69) is 15.5 Å². The van der Waals surface area contributed by atoms with E-state index in [1.807, 2.05) is 25.1 Å². The highest BCUT2D eigenvalue weighted by Crippen LogP contribution is 2.30. The number of hydrogen-bond acceptors (Lipinski definition) is 4. The second-order valence-corrected chi connectivity index (χ2v) is 7.37. The van der Waals surface area contributed by atoms with Crippen molar-refractivity contribution in [3.8, 4) is 0 Å². The van der Waals surface area contributed by atoms with Crippen LogP contribution in [0.15, 0.2) is 24.3 Å². The smallest absolute Gasteiger partial charge is 0.327 e. The molecule has 1 aliphatic carbocycles. The van der Waals surface area contributed by atoms with Crippen LogP contribution in [0.5, 0.6) is 0 Å². The average Bonchev–Trinajstić information content (AvgIpc) is 3.16. The lowest BCUT2D eigenvalue weighted by Gasteiger charge is -2.34. The van der Waals surface area contributed by atoms with Crippen LogP contribution in [0.4, 0.5) is 13.2 Å². The summed E-state index contributed by atoms with van der Waals surface area (Å²) in [5, 5.41) is 12.5. The van der Waals surface area contributed by atoms with Gasteiger partial charge < -0.3 is 4.90 Å². The Morgan fingerprint density at radius 1 is 1.21 bits per heavy atom. The van der Waals surface area contributed by atoms with Gasteiger partial charge in [0.1, 0.15) is 0 Å². The molecule has 1 aromatic carbocycles. The average molecular weight is 391 g/mol. The number of pyridine rings is 1. The molecular weight excluding hydrogens is 371 g/mol. The van der Waals surface area contributed by atoms with E-state index in [0.717, 1.165) is 40.6 Å². The molecule has 1 aliphatic rings. The normalized spacial score (nSPS) is 16.0. The van der Waals surface area contributed by atoms with Crippen molar-refractivity contribution in [2.75, 3.05) is 0 Å². The third kappa shape index (κ3) is 3.41. The first-order valence-corrected chi connectivity index (χ1v) is 9.33. The molecule has 1 saturated carbocycles. The highest BCUT2D eigenvalue weighted by Gasteiger charge is 2.45. The minimum Gasteiger partial charge on any atom is -0.327 e. The third-order valence-corrected chi connectivity index (χ3v) is 5.36. The molecule has 6 nitrogen and oxygen atoms in total. The molecule has 1 amide bonds. The van der Waals surface area contributed by atoms with Crippen LogP contribution in [-0.2, 0) is 11.3 Å². The summed E-state index contributed by atoms with van der Waals surface area (Å²) in [5.74, 6) is -1.80. The lowest BCUT2D eigenvalue weighted by atomic mass is 9.93. The minimum absolute atomic E-state index is 0.170. The van der Waals surface area contributed by atoms with E-state index in [0.29, 0.717) is 24.1 Å². The largest absolute Gasteiger partial charge is 0.471 e. The highest BCUT2D eigenvalue weighted by molar-refractivity contribution is 5.85. The van der Waals surface area contributed by atoms with Crippen LogP contribution in [-0.4, -0.2) is 43.1 Å². The number of hydrogen-bond donors (Lipinski definition) is 0. The molecule has 28 heavy (non-hydrogen) atoms. The van der Waals surface area contributed by atoms with Gasteiger partial charge in [-0.1, -0.05) is 31.4 Å². The van der Waals surface area contributed by atoms with Crippen molar-refractivity contribution in [2.45, 2.75) is 57.8 Å². The standard InChI is InChI=1S/C19H20F3N5O/c1-12-7-8-13-10-14(17-23-24-25-27(17)16(13)9-12)11-26(18(28)19(20,21)22)15-5-3-2-4-6-15/h7-10,15H,2-6,11H2,1H3. The fourth-order valence-corrected chi connectivity index (χ4v) is 3.98. The zero-order chi connectivity index (χ0) is 19.9. The number of fused-ring (bicyclic) bond motifs is 3. The summed E-state index contributed by atoms with van der Waals surface area (Å²) in [6.07, 6.45) is -1.12. The summed E-state index contributed by atoms with van der Waals surface area (Å²) in [5.41, 5.74) is 2.67. The van der Waals surface area contributed by atoms with E-state index in [1.54, 1.807) is 6.07 Å². The Morgan fingerprint density at radius 3 is 2.68 bits per heavy atom. The number of amides is 1. The number of rotatable bonds is 3. The van der Waals surface area contributed by atoms with Crippen LogP contribution in [0.25, 0.3) is 16.6 Å². The maximum atomic E-state index is 13.3. The quantitative estimate of drug-likeness (QED) is 0.681. The molecular formula is C19H20F3N5O. The van der Waals surface area contributed by atoms with Gasteiger partial charge in [0.15, 0.2) is 5.65 Å². The zero-order valence-electron chi connectivity index (χ0n) is 15.4. The van der Waals surface area contributed by atoms with E-state index < -0.39 is 18.1 Å². The van der Waals surface area contributed by atoms with Crippen molar-refractivity contribution in [1.82, 2.24) is 24.9 Å². The fourth-order valence-electron chi connectivity index (χ4n) is 3.98. The van der Waals surface area contributed by atoms with Gasteiger partial charge in [0.05, 0.1) is 12.1 Å². The van der Waals surface area contributed by atoms with Crippen molar-refractivity contribution in [1.29, 1.82) is 0 Å². The predicted octanol–water partition coefficient (Wildman–Crippen LogP) is 3.81. The Balaban J connectivity index is 1.79. The summed E-state index contributed by atoms with van der Waals surface area (Å²) < 4.78 is 41.3. The molecule has 3 aromatic rings. The van der Waals surface area contributed by atoms with Gasteiger partial charge in [-0.15, -0.1) is 5.10 Å². The fraction of sp³-hybridized carbons (Fsp3) is 0.474. The van der Waals surface area contributed by atoms with Gasteiger partial charge in [0.2, 0.25) is 0 Å². The lowest BCUT2D eigenvalue weighted by molar-refractivity contribution is -0.189. The number of aromatic nitrogens is 4. The molecule has 9 heteroatoms. The SMILES string of the molecule is Cc1ccc2cc(CN(C(=O)C(F)(F)F)C3CCCCC3)c3nnnn3c2c1. The monoisotopic (exact) mass is 391 g/mol. The first-order valence-electron chi connectivity index (χ1n) is 9.33. The molecule has 0 N–H and O–H groups in total. The molecule has 0 bridgehead atoms. The summed E-state index contributed by atoms with van der Waals surface area (Å²) in [4.78, 5) is 13.2. The molecule has 0 aliphatic heterocycles. The molecule has 4 rings (SSSR count). The number of benzene rings is 1. The van der Waals surface area contributed by atoms with Gasteiger partial charge in [0.25, 0.3) is 0 Å². The highest BCUT2D eigenvalue weighted by atomic mass is 19.4. The molecule has 1 fully saturated rings. The van der Waals surface area contributed by atoms with Crippen molar-refractivity contribution in [2.24, 2.45) is 0 Å². The van der Waals surface area contributed by atoms with Crippen LogP contribution in [0.1, 0.15) is 43.2 Å². The third-order valence-electron chi connectivity index (χ3n) is 5.36. The Morgan fingerprint density at radius 2 is 1.96 bits per heavy atom. The van der Waals surface area contributed by atoms with Crippen molar-refractivity contribution >= 4 is 22.5 Å². The van der Waals surface area contributed by atoms with Crippen LogP contribution in [0.2, 0.25) is 0 Å². The maximum absolute atomic E-state index is 13.3. The number of aryl methyl sites for hydroxylation is 1. The van der Waals surface area contributed by atoms with E-state index in [-0.39, 0.29) is 6.54 Å². The van der Waals surface area contributed by atoms with Crippen LogP contribution in [0, 0.1) is 6.92 Å². The van der Waals surface area contributed by atoms with E-state index >= 15 is 0 Å². The lowest BCUT2D eigenvalue weighted by Crippen LogP contribution is -2.47.